The molecule has 0 fully saturated rings. The third-order valence-corrected chi connectivity index (χ3v) is 6.43. The van der Waals surface area contributed by atoms with Crippen LogP contribution in [0.3, 0.4) is 0 Å². The summed E-state index contributed by atoms with van der Waals surface area (Å²) in [6, 6.07) is 16.5. The molecule has 34 heavy (non-hydrogen) atoms. The number of ether oxygens (including phenoxy) is 2. The quantitative estimate of drug-likeness (QED) is 0.339. The number of anilines is 1. The van der Waals surface area contributed by atoms with E-state index in [1.54, 1.807) is 24.3 Å². The molecular weight excluding hydrogens is 544 g/mol. The van der Waals surface area contributed by atoms with E-state index in [0.29, 0.717) is 38.9 Å². The van der Waals surface area contributed by atoms with E-state index >= 15 is 0 Å². The molecule has 0 aliphatic rings. The molecule has 1 amide bonds. The van der Waals surface area contributed by atoms with Gasteiger partial charge in [-0.2, -0.15) is 0 Å². The molecule has 7 nitrogen and oxygen atoms in total. The van der Waals surface area contributed by atoms with Crippen LogP contribution in [0.5, 0.6) is 11.5 Å². The minimum absolute atomic E-state index is 0.0359. The minimum Gasteiger partial charge on any atom is -0.490 e. The maximum Gasteiger partial charge on any atom is 0.248 e. The fraction of sp³-hybridized carbons (Fsp3) is 0.125. The molecule has 0 saturated heterocycles. The number of carbonyl (C=O) groups is 1. The highest BCUT2D eigenvalue weighted by Crippen LogP contribution is 2.38. The molecular formula is C24H22BrClN2O5S. The van der Waals surface area contributed by atoms with E-state index < -0.39 is 15.9 Å². The molecule has 0 atom stereocenters. The number of halogens is 2. The number of benzene rings is 3. The number of nitrogens with two attached hydrogens (primary N) is 1. The van der Waals surface area contributed by atoms with Gasteiger partial charge in [-0.05, 0) is 77.0 Å². The van der Waals surface area contributed by atoms with Crippen molar-refractivity contribution in [2.75, 3.05) is 11.9 Å². The third-order valence-electron chi connectivity index (χ3n) is 4.54. The van der Waals surface area contributed by atoms with Crippen LogP contribution in [0.2, 0.25) is 5.02 Å². The highest BCUT2D eigenvalue weighted by molar-refractivity contribution is 9.10. The highest BCUT2D eigenvalue weighted by atomic mass is 79.9. The largest absolute Gasteiger partial charge is 0.490 e. The molecule has 0 aliphatic heterocycles. The summed E-state index contributed by atoms with van der Waals surface area (Å²) in [7, 11) is -3.79. The molecule has 3 N–H and O–H groups in total. The van der Waals surface area contributed by atoms with Gasteiger partial charge in [0.05, 0.1) is 16.0 Å². The first-order valence-corrected chi connectivity index (χ1v) is 12.8. The van der Waals surface area contributed by atoms with Crippen LogP contribution in [0.1, 0.15) is 18.1 Å². The maximum absolute atomic E-state index is 12.3. The Morgan fingerprint density at radius 3 is 2.47 bits per heavy atom. The molecule has 0 saturated carbocycles. The number of rotatable bonds is 9. The Hall–Kier alpha value is -2.85. The van der Waals surface area contributed by atoms with Gasteiger partial charge >= 0.3 is 0 Å². The van der Waals surface area contributed by atoms with Crippen molar-refractivity contribution in [1.82, 2.24) is 0 Å². The van der Waals surface area contributed by atoms with Gasteiger partial charge < -0.3 is 14.8 Å². The van der Waals surface area contributed by atoms with E-state index in [1.807, 2.05) is 25.1 Å². The van der Waals surface area contributed by atoms with Gasteiger partial charge in [-0.15, -0.1) is 0 Å². The van der Waals surface area contributed by atoms with Gasteiger partial charge in [0.25, 0.3) is 0 Å². The summed E-state index contributed by atoms with van der Waals surface area (Å²) >= 11 is 9.72. The third kappa shape index (κ3) is 7.07. The van der Waals surface area contributed by atoms with Crippen LogP contribution in [0.4, 0.5) is 5.69 Å². The van der Waals surface area contributed by atoms with Gasteiger partial charge in [-0.3, -0.25) is 4.79 Å². The van der Waals surface area contributed by atoms with Crippen LogP contribution in [-0.2, 0) is 21.4 Å². The van der Waals surface area contributed by atoms with Crippen LogP contribution in [-0.4, -0.2) is 20.9 Å². The second-order valence-electron chi connectivity index (χ2n) is 7.04. The van der Waals surface area contributed by atoms with Crippen LogP contribution in [0, 0.1) is 0 Å². The topological polar surface area (TPSA) is 108 Å². The average molecular weight is 566 g/mol. The van der Waals surface area contributed by atoms with E-state index in [2.05, 4.69) is 21.2 Å². The Balaban J connectivity index is 1.72. The van der Waals surface area contributed by atoms with Gasteiger partial charge in [0.2, 0.25) is 15.9 Å². The number of hydrogen-bond donors (Lipinski definition) is 2. The zero-order valence-corrected chi connectivity index (χ0v) is 21.3. The van der Waals surface area contributed by atoms with Crippen LogP contribution >= 0.6 is 27.5 Å². The van der Waals surface area contributed by atoms with Crippen LogP contribution < -0.4 is 19.9 Å². The Morgan fingerprint density at radius 1 is 1.12 bits per heavy atom. The number of carbonyl (C=O) groups excluding carboxylic acids is 1. The molecule has 0 spiro atoms. The van der Waals surface area contributed by atoms with Gasteiger partial charge in [0, 0.05) is 22.3 Å². The molecule has 10 heteroatoms. The predicted octanol–water partition coefficient (Wildman–Crippen LogP) is 5.38. The van der Waals surface area contributed by atoms with Crippen molar-refractivity contribution in [3.05, 3.63) is 87.4 Å². The standard InChI is InChI=1S/C24H22BrClN2O5S/c1-2-32-22-14-16(13-20(25)24(22)33-15-17-5-3-4-6-21(17)26)7-12-23(29)28-18-8-10-19(11-9-18)34(27,30)31/h3-14H,2,15H2,1H3,(H,28,29)(H2,27,30,31)/b12-7+. The van der Waals surface area contributed by atoms with E-state index in [4.69, 9.17) is 26.2 Å². The summed E-state index contributed by atoms with van der Waals surface area (Å²) in [6.45, 7) is 2.56. The van der Waals surface area contributed by atoms with Crippen molar-refractivity contribution < 1.29 is 22.7 Å². The summed E-state index contributed by atoms with van der Waals surface area (Å²) in [5, 5.41) is 8.35. The lowest BCUT2D eigenvalue weighted by Crippen LogP contribution is -2.12. The number of hydrogen-bond acceptors (Lipinski definition) is 5. The molecule has 0 radical (unpaired) electrons. The van der Waals surface area contributed by atoms with E-state index in [-0.39, 0.29) is 11.5 Å². The first-order valence-electron chi connectivity index (χ1n) is 10.1. The SMILES string of the molecule is CCOc1cc(/C=C/C(=O)Nc2ccc(S(N)(=O)=O)cc2)cc(Br)c1OCc1ccccc1Cl. The summed E-state index contributed by atoms with van der Waals surface area (Å²) in [4.78, 5) is 12.3. The Bertz CT molecular complexity index is 1310. The smallest absolute Gasteiger partial charge is 0.248 e. The second-order valence-corrected chi connectivity index (χ2v) is 9.86. The molecule has 178 valence electrons. The normalized spacial score (nSPS) is 11.4. The van der Waals surface area contributed by atoms with Crippen molar-refractivity contribution in [1.29, 1.82) is 0 Å². The Kier molecular flexibility index (Phi) is 8.73. The molecule has 3 aromatic rings. The average Bonchev–Trinajstić information content (AvgIpc) is 2.78. The zero-order chi connectivity index (χ0) is 24.7. The molecule has 3 aromatic carbocycles. The van der Waals surface area contributed by atoms with E-state index in [1.165, 1.54) is 30.3 Å². The first-order chi connectivity index (χ1) is 16.2. The van der Waals surface area contributed by atoms with Gasteiger partial charge in [-0.25, -0.2) is 13.6 Å². The van der Waals surface area contributed by atoms with E-state index in [9.17, 15) is 13.2 Å². The summed E-state index contributed by atoms with van der Waals surface area (Å²) in [5.41, 5.74) is 1.98. The molecule has 0 aliphatic carbocycles. The fourth-order valence-electron chi connectivity index (χ4n) is 2.94. The van der Waals surface area contributed by atoms with Crippen molar-refractivity contribution in [3.63, 3.8) is 0 Å². The van der Waals surface area contributed by atoms with Crippen molar-refractivity contribution >= 4 is 55.2 Å². The molecule has 3 rings (SSSR count). The number of nitrogens with one attached hydrogen (secondary N) is 1. The lowest BCUT2D eigenvalue weighted by molar-refractivity contribution is -0.111. The summed E-state index contributed by atoms with van der Waals surface area (Å²) < 4.78 is 35.0. The molecule has 0 aromatic heterocycles. The Labute approximate surface area is 211 Å². The summed E-state index contributed by atoms with van der Waals surface area (Å²) in [6.07, 6.45) is 2.98. The van der Waals surface area contributed by atoms with Crippen LogP contribution in [0.15, 0.2) is 76.1 Å². The lowest BCUT2D eigenvalue weighted by Gasteiger charge is -2.15. The highest BCUT2D eigenvalue weighted by Gasteiger charge is 2.13. The van der Waals surface area contributed by atoms with Crippen molar-refractivity contribution in [2.45, 2.75) is 18.4 Å². The van der Waals surface area contributed by atoms with Gasteiger partial charge in [0.15, 0.2) is 11.5 Å². The fourth-order valence-corrected chi connectivity index (χ4v) is 4.22. The van der Waals surface area contributed by atoms with Crippen LogP contribution in [0.25, 0.3) is 6.08 Å². The van der Waals surface area contributed by atoms with Crippen molar-refractivity contribution in [3.8, 4) is 11.5 Å². The Morgan fingerprint density at radius 2 is 1.82 bits per heavy atom. The minimum atomic E-state index is -3.79. The second kappa shape index (κ2) is 11.5. The first kappa shape index (κ1) is 25.8. The van der Waals surface area contributed by atoms with Crippen molar-refractivity contribution in [2.24, 2.45) is 5.14 Å². The number of primary sulfonamides is 1. The monoisotopic (exact) mass is 564 g/mol. The number of sulfonamides is 1. The molecule has 0 unspecified atom stereocenters. The molecule has 0 heterocycles. The van der Waals surface area contributed by atoms with Gasteiger partial charge in [-0.1, -0.05) is 29.8 Å². The molecule has 0 bridgehead atoms. The maximum atomic E-state index is 12.3. The van der Waals surface area contributed by atoms with Gasteiger partial charge in [0.1, 0.15) is 6.61 Å². The number of amides is 1. The predicted molar refractivity (Wildman–Crippen MR) is 137 cm³/mol. The summed E-state index contributed by atoms with van der Waals surface area (Å²) in [5.74, 6) is 0.650. The lowest BCUT2D eigenvalue weighted by atomic mass is 10.1. The zero-order valence-electron chi connectivity index (χ0n) is 18.1. The van der Waals surface area contributed by atoms with E-state index in [0.717, 1.165) is 5.56 Å².